The van der Waals surface area contributed by atoms with E-state index < -0.39 is 0 Å². The number of aryl methyl sites for hydroxylation is 1. The van der Waals surface area contributed by atoms with Crippen LogP contribution < -0.4 is 10.6 Å². The predicted octanol–water partition coefficient (Wildman–Crippen LogP) is 2.49. The molecule has 0 spiro atoms. The molecule has 0 aliphatic carbocycles. The molecule has 4 heteroatoms. The summed E-state index contributed by atoms with van der Waals surface area (Å²) in [5.74, 6) is 0.920. The fourth-order valence-electron chi connectivity index (χ4n) is 2.60. The molecular formula is C15H20N4. The molecule has 0 unspecified atom stereocenters. The molecule has 1 aromatic carbocycles. The van der Waals surface area contributed by atoms with E-state index in [0.29, 0.717) is 0 Å². The number of para-hydroxylation sites is 2. The van der Waals surface area contributed by atoms with Crippen LogP contribution in [0.4, 0.5) is 5.82 Å². The number of rotatable bonds is 2. The van der Waals surface area contributed by atoms with Gasteiger partial charge in [-0.05, 0) is 51.9 Å². The number of aromatic nitrogens is 2. The van der Waals surface area contributed by atoms with Crippen LogP contribution in [0.1, 0.15) is 25.5 Å². The van der Waals surface area contributed by atoms with Crippen molar-refractivity contribution >= 4 is 16.9 Å². The Morgan fingerprint density at radius 3 is 2.42 bits per heavy atom. The van der Waals surface area contributed by atoms with Crippen molar-refractivity contribution in [3.63, 3.8) is 0 Å². The van der Waals surface area contributed by atoms with Gasteiger partial charge in [0.05, 0.1) is 16.7 Å². The summed E-state index contributed by atoms with van der Waals surface area (Å²) < 4.78 is 0. The molecule has 0 atom stereocenters. The van der Waals surface area contributed by atoms with Gasteiger partial charge in [-0.2, -0.15) is 0 Å². The highest BCUT2D eigenvalue weighted by Crippen LogP contribution is 2.25. The fourth-order valence-corrected chi connectivity index (χ4v) is 2.60. The van der Waals surface area contributed by atoms with E-state index in [0.717, 1.165) is 48.5 Å². The summed E-state index contributed by atoms with van der Waals surface area (Å²) in [4.78, 5) is 9.35. The number of piperidine rings is 1. The van der Waals surface area contributed by atoms with Gasteiger partial charge in [0.25, 0.3) is 0 Å². The van der Waals surface area contributed by atoms with Gasteiger partial charge >= 0.3 is 0 Å². The summed E-state index contributed by atoms with van der Waals surface area (Å²) in [5, 5.41) is 7.00. The molecule has 1 aromatic heterocycles. The number of anilines is 1. The maximum absolute atomic E-state index is 4.72. The monoisotopic (exact) mass is 256 g/mol. The molecule has 2 heterocycles. The van der Waals surface area contributed by atoms with E-state index in [-0.39, 0.29) is 5.54 Å². The van der Waals surface area contributed by atoms with Crippen molar-refractivity contribution < 1.29 is 0 Å². The molecule has 2 N–H and O–H groups in total. The minimum Gasteiger partial charge on any atom is -0.363 e. The molecule has 0 saturated carbocycles. The highest BCUT2D eigenvalue weighted by atomic mass is 15.1. The molecule has 1 aliphatic rings. The average Bonchev–Trinajstić information content (AvgIpc) is 2.40. The number of benzene rings is 1. The van der Waals surface area contributed by atoms with Crippen molar-refractivity contribution in [2.24, 2.45) is 0 Å². The summed E-state index contributed by atoms with van der Waals surface area (Å²) >= 11 is 0. The van der Waals surface area contributed by atoms with Crippen LogP contribution in [0.3, 0.4) is 0 Å². The van der Waals surface area contributed by atoms with Gasteiger partial charge in [0.2, 0.25) is 0 Å². The van der Waals surface area contributed by atoms with Crippen molar-refractivity contribution in [3.05, 3.63) is 30.0 Å². The zero-order valence-corrected chi connectivity index (χ0v) is 11.5. The maximum Gasteiger partial charge on any atom is 0.148 e. The first-order chi connectivity index (χ1) is 9.16. The van der Waals surface area contributed by atoms with Crippen LogP contribution in [0.15, 0.2) is 24.3 Å². The Morgan fingerprint density at radius 1 is 1.11 bits per heavy atom. The summed E-state index contributed by atoms with van der Waals surface area (Å²) in [5.41, 5.74) is 3.00. The van der Waals surface area contributed by atoms with E-state index in [1.165, 1.54) is 0 Å². The smallest absolute Gasteiger partial charge is 0.148 e. The highest BCUT2D eigenvalue weighted by Gasteiger charge is 2.27. The van der Waals surface area contributed by atoms with Gasteiger partial charge in [0.1, 0.15) is 5.82 Å². The largest absolute Gasteiger partial charge is 0.363 e. The van der Waals surface area contributed by atoms with Crippen LogP contribution in [-0.4, -0.2) is 28.6 Å². The second kappa shape index (κ2) is 4.78. The molecular weight excluding hydrogens is 236 g/mol. The first-order valence-corrected chi connectivity index (χ1v) is 6.89. The van der Waals surface area contributed by atoms with Gasteiger partial charge < -0.3 is 10.6 Å². The number of hydrogen-bond acceptors (Lipinski definition) is 4. The summed E-state index contributed by atoms with van der Waals surface area (Å²) in [6.07, 6.45) is 2.22. The van der Waals surface area contributed by atoms with Gasteiger partial charge in [0, 0.05) is 5.54 Å². The van der Waals surface area contributed by atoms with Crippen molar-refractivity contribution in [3.8, 4) is 0 Å². The lowest BCUT2D eigenvalue weighted by atomic mass is 9.90. The van der Waals surface area contributed by atoms with Crippen molar-refractivity contribution in [2.45, 2.75) is 32.2 Å². The van der Waals surface area contributed by atoms with E-state index >= 15 is 0 Å². The quantitative estimate of drug-likeness (QED) is 0.866. The Labute approximate surface area is 113 Å². The van der Waals surface area contributed by atoms with E-state index in [1.807, 2.05) is 31.2 Å². The molecule has 3 rings (SSSR count). The Kier molecular flexibility index (Phi) is 3.11. The summed E-state index contributed by atoms with van der Waals surface area (Å²) in [6, 6.07) is 8.02. The molecule has 1 fully saturated rings. The van der Waals surface area contributed by atoms with Crippen LogP contribution in [0.2, 0.25) is 0 Å². The standard InChI is InChI=1S/C15H20N4/c1-11-14(19-15(2)7-9-16-10-8-15)18-13-6-4-3-5-12(13)17-11/h3-6,16H,7-10H2,1-2H3,(H,18,19). The van der Waals surface area contributed by atoms with Crippen LogP contribution >= 0.6 is 0 Å². The van der Waals surface area contributed by atoms with E-state index in [4.69, 9.17) is 4.98 Å². The molecule has 0 amide bonds. The molecule has 1 aliphatic heterocycles. The fraction of sp³-hybridized carbons (Fsp3) is 0.467. The second-order valence-electron chi connectivity index (χ2n) is 5.58. The molecule has 0 bridgehead atoms. The van der Waals surface area contributed by atoms with Gasteiger partial charge in [-0.15, -0.1) is 0 Å². The lowest BCUT2D eigenvalue weighted by molar-refractivity contribution is 0.364. The number of fused-ring (bicyclic) bond motifs is 1. The van der Waals surface area contributed by atoms with E-state index in [1.54, 1.807) is 0 Å². The summed E-state index contributed by atoms with van der Waals surface area (Å²) in [7, 11) is 0. The summed E-state index contributed by atoms with van der Waals surface area (Å²) in [6.45, 7) is 6.41. The van der Waals surface area contributed by atoms with Crippen LogP contribution in [0.25, 0.3) is 11.0 Å². The lowest BCUT2D eigenvalue weighted by Gasteiger charge is -2.35. The zero-order valence-electron chi connectivity index (χ0n) is 11.5. The molecule has 19 heavy (non-hydrogen) atoms. The van der Waals surface area contributed by atoms with Gasteiger partial charge in [0.15, 0.2) is 0 Å². The zero-order chi connectivity index (χ0) is 13.3. The molecule has 2 aromatic rings. The molecule has 100 valence electrons. The van der Waals surface area contributed by atoms with E-state index in [9.17, 15) is 0 Å². The SMILES string of the molecule is Cc1nc2ccccc2nc1NC1(C)CCNCC1. The van der Waals surface area contributed by atoms with Crippen molar-refractivity contribution in [1.82, 2.24) is 15.3 Å². The minimum absolute atomic E-state index is 0.118. The number of nitrogens with zero attached hydrogens (tertiary/aromatic N) is 2. The van der Waals surface area contributed by atoms with Crippen molar-refractivity contribution in [1.29, 1.82) is 0 Å². The van der Waals surface area contributed by atoms with Crippen LogP contribution in [0, 0.1) is 6.92 Å². The first kappa shape index (κ1) is 12.4. The number of hydrogen-bond donors (Lipinski definition) is 2. The number of nitrogens with one attached hydrogen (secondary N) is 2. The van der Waals surface area contributed by atoms with Gasteiger partial charge in [-0.25, -0.2) is 9.97 Å². The first-order valence-electron chi connectivity index (χ1n) is 6.89. The van der Waals surface area contributed by atoms with Crippen LogP contribution in [0.5, 0.6) is 0 Å². The Bertz CT molecular complexity index is 588. The lowest BCUT2D eigenvalue weighted by Crippen LogP contribution is -2.45. The molecule has 4 nitrogen and oxygen atoms in total. The highest BCUT2D eigenvalue weighted by molar-refractivity contribution is 5.76. The second-order valence-corrected chi connectivity index (χ2v) is 5.58. The average molecular weight is 256 g/mol. The van der Waals surface area contributed by atoms with Gasteiger partial charge in [-0.1, -0.05) is 12.1 Å². The third-order valence-corrected chi connectivity index (χ3v) is 3.87. The topological polar surface area (TPSA) is 49.8 Å². The van der Waals surface area contributed by atoms with Gasteiger partial charge in [-0.3, -0.25) is 0 Å². The Balaban J connectivity index is 1.93. The normalized spacial score (nSPS) is 18.4. The maximum atomic E-state index is 4.72. The van der Waals surface area contributed by atoms with E-state index in [2.05, 4.69) is 22.5 Å². The predicted molar refractivity (Wildman–Crippen MR) is 78.4 cm³/mol. The van der Waals surface area contributed by atoms with Crippen LogP contribution in [-0.2, 0) is 0 Å². The Morgan fingerprint density at radius 2 is 1.74 bits per heavy atom. The third-order valence-electron chi connectivity index (χ3n) is 3.87. The molecule has 0 radical (unpaired) electrons. The molecule has 1 saturated heterocycles. The minimum atomic E-state index is 0.118. The Hall–Kier alpha value is -1.68. The van der Waals surface area contributed by atoms with Crippen molar-refractivity contribution in [2.75, 3.05) is 18.4 Å². The third kappa shape index (κ3) is 2.54.